The molecule has 0 saturated carbocycles. The van der Waals surface area contributed by atoms with Crippen LogP contribution in [-0.2, 0) is 9.53 Å². The highest BCUT2D eigenvalue weighted by Gasteiger charge is 2.12. The Morgan fingerprint density at radius 1 is 1.50 bits per heavy atom. The van der Waals surface area contributed by atoms with Crippen LogP contribution in [0, 0.1) is 0 Å². The van der Waals surface area contributed by atoms with E-state index in [2.05, 4.69) is 5.32 Å². The molecule has 0 amide bonds. The number of carboxylic acids is 1. The molecule has 1 fully saturated rings. The van der Waals surface area contributed by atoms with Crippen molar-refractivity contribution in [1.29, 1.82) is 0 Å². The second kappa shape index (κ2) is 6.79. The van der Waals surface area contributed by atoms with Crippen molar-refractivity contribution in [2.24, 2.45) is 0 Å². The van der Waals surface area contributed by atoms with Gasteiger partial charge in [0, 0.05) is 19.1 Å². The van der Waals surface area contributed by atoms with E-state index in [0.717, 1.165) is 39.0 Å². The second-order valence-corrected chi connectivity index (χ2v) is 3.72. The van der Waals surface area contributed by atoms with Crippen LogP contribution in [0.15, 0.2) is 0 Å². The van der Waals surface area contributed by atoms with E-state index in [1.807, 2.05) is 0 Å². The van der Waals surface area contributed by atoms with E-state index in [1.54, 1.807) is 0 Å². The van der Waals surface area contributed by atoms with Crippen LogP contribution in [-0.4, -0.2) is 36.9 Å². The van der Waals surface area contributed by atoms with E-state index in [0.29, 0.717) is 6.04 Å². The molecule has 0 aliphatic carbocycles. The summed E-state index contributed by atoms with van der Waals surface area (Å²) in [6, 6.07) is 0.480. The Bertz CT molecular complexity index is 167. The minimum atomic E-state index is -0.703. The fourth-order valence-electron chi connectivity index (χ4n) is 1.61. The molecular weight excluding hydrogens is 182 g/mol. The van der Waals surface area contributed by atoms with Crippen LogP contribution < -0.4 is 5.32 Å². The van der Waals surface area contributed by atoms with E-state index in [1.165, 1.54) is 6.42 Å². The van der Waals surface area contributed by atoms with Gasteiger partial charge in [-0.15, -0.1) is 0 Å². The second-order valence-electron chi connectivity index (χ2n) is 3.72. The Morgan fingerprint density at radius 2 is 2.36 bits per heavy atom. The number of carboxylic acid groups (broad SMARTS) is 1. The van der Waals surface area contributed by atoms with Crippen molar-refractivity contribution in [2.75, 3.05) is 19.8 Å². The highest BCUT2D eigenvalue weighted by Crippen LogP contribution is 2.05. The van der Waals surface area contributed by atoms with Crippen molar-refractivity contribution >= 4 is 5.97 Å². The predicted octanol–water partition coefficient (Wildman–Crippen LogP) is 1.01. The number of carbonyl (C=O) groups is 1. The molecule has 4 nitrogen and oxygen atoms in total. The fraction of sp³-hybridized carbons (Fsp3) is 0.900. The topological polar surface area (TPSA) is 58.6 Å². The molecule has 1 aliphatic heterocycles. The summed E-state index contributed by atoms with van der Waals surface area (Å²) in [5, 5.41) is 11.8. The number of hydrogen-bond acceptors (Lipinski definition) is 3. The van der Waals surface area contributed by atoms with E-state index in [-0.39, 0.29) is 6.42 Å². The molecule has 4 heteroatoms. The van der Waals surface area contributed by atoms with Gasteiger partial charge in [-0.25, -0.2) is 0 Å². The molecule has 2 N–H and O–H groups in total. The highest BCUT2D eigenvalue weighted by atomic mass is 16.5. The van der Waals surface area contributed by atoms with Crippen molar-refractivity contribution in [3.63, 3.8) is 0 Å². The van der Waals surface area contributed by atoms with Crippen LogP contribution in [0.5, 0.6) is 0 Å². The number of aliphatic carboxylic acids is 1. The summed E-state index contributed by atoms with van der Waals surface area (Å²) >= 11 is 0. The van der Waals surface area contributed by atoms with Gasteiger partial charge in [0.05, 0.1) is 6.61 Å². The first-order valence-electron chi connectivity index (χ1n) is 5.32. The molecule has 0 aromatic rings. The molecule has 0 bridgehead atoms. The number of ether oxygens (including phenoxy) is 1. The van der Waals surface area contributed by atoms with Crippen molar-refractivity contribution < 1.29 is 14.6 Å². The van der Waals surface area contributed by atoms with Gasteiger partial charge in [0.2, 0.25) is 0 Å². The third-order valence-corrected chi connectivity index (χ3v) is 2.41. The molecule has 1 rings (SSSR count). The van der Waals surface area contributed by atoms with Gasteiger partial charge in [0.1, 0.15) is 0 Å². The quantitative estimate of drug-likeness (QED) is 0.630. The number of unbranched alkanes of at least 4 members (excludes halogenated alkanes) is 1. The van der Waals surface area contributed by atoms with Crippen LogP contribution in [0.4, 0.5) is 0 Å². The normalized spacial score (nSPS) is 22.1. The summed E-state index contributed by atoms with van der Waals surface area (Å²) in [4.78, 5) is 10.2. The predicted molar refractivity (Wildman–Crippen MR) is 53.3 cm³/mol. The van der Waals surface area contributed by atoms with Crippen LogP contribution in [0.25, 0.3) is 0 Å². The molecular formula is C10H19NO3. The third kappa shape index (κ3) is 5.19. The van der Waals surface area contributed by atoms with Crippen molar-refractivity contribution in [2.45, 2.75) is 38.1 Å². The summed E-state index contributed by atoms with van der Waals surface area (Å²) < 4.78 is 5.32. The minimum absolute atomic E-state index is 0.281. The van der Waals surface area contributed by atoms with Crippen LogP contribution >= 0.6 is 0 Å². The molecule has 0 spiro atoms. The smallest absolute Gasteiger partial charge is 0.303 e. The maximum Gasteiger partial charge on any atom is 0.303 e. The van der Waals surface area contributed by atoms with Crippen LogP contribution in [0.2, 0.25) is 0 Å². The molecule has 82 valence electrons. The first-order chi connectivity index (χ1) is 6.79. The molecule has 1 heterocycles. The Hall–Kier alpha value is -0.610. The summed E-state index contributed by atoms with van der Waals surface area (Å²) in [7, 11) is 0. The van der Waals surface area contributed by atoms with Crippen LogP contribution in [0.1, 0.15) is 32.1 Å². The minimum Gasteiger partial charge on any atom is -0.481 e. The maximum absolute atomic E-state index is 10.2. The SMILES string of the molecule is O=C(O)CCCCNC1CCCOC1. The molecule has 1 saturated heterocycles. The molecule has 0 aromatic heterocycles. The van der Waals surface area contributed by atoms with Gasteiger partial charge in [0.25, 0.3) is 0 Å². The zero-order valence-electron chi connectivity index (χ0n) is 8.50. The van der Waals surface area contributed by atoms with E-state index in [4.69, 9.17) is 9.84 Å². The summed E-state index contributed by atoms with van der Waals surface area (Å²) in [5.41, 5.74) is 0. The largest absolute Gasteiger partial charge is 0.481 e. The van der Waals surface area contributed by atoms with Gasteiger partial charge in [-0.05, 0) is 32.2 Å². The zero-order valence-corrected chi connectivity index (χ0v) is 8.50. The Labute approximate surface area is 84.6 Å². The Balaban J connectivity index is 1.90. The first kappa shape index (κ1) is 11.5. The Morgan fingerprint density at radius 3 is 3.00 bits per heavy atom. The molecule has 1 unspecified atom stereocenters. The lowest BCUT2D eigenvalue weighted by Crippen LogP contribution is -2.37. The van der Waals surface area contributed by atoms with Gasteiger partial charge in [-0.1, -0.05) is 0 Å². The highest BCUT2D eigenvalue weighted by molar-refractivity contribution is 5.66. The lowest BCUT2D eigenvalue weighted by molar-refractivity contribution is -0.137. The molecule has 0 radical (unpaired) electrons. The average molecular weight is 201 g/mol. The number of rotatable bonds is 6. The lowest BCUT2D eigenvalue weighted by atomic mass is 10.1. The summed E-state index contributed by atoms with van der Waals surface area (Å²) in [6.45, 7) is 2.59. The van der Waals surface area contributed by atoms with Crippen molar-refractivity contribution in [3.05, 3.63) is 0 Å². The lowest BCUT2D eigenvalue weighted by Gasteiger charge is -2.23. The van der Waals surface area contributed by atoms with Crippen molar-refractivity contribution in [1.82, 2.24) is 5.32 Å². The first-order valence-corrected chi connectivity index (χ1v) is 5.32. The van der Waals surface area contributed by atoms with Gasteiger partial charge < -0.3 is 15.2 Å². The standard InChI is InChI=1S/C10H19NO3/c12-10(13)5-1-2-6-11-9-4-3-7-14-8-9/h9,11H,1-8H2,(H,12,13). The molecule has 14 heavy (non-hydrogen) atoms. The fourth-order valence-corrected chi connectivity index (χ4v) is 1.61. The number of nitrogens with one attached hydrogen (secondary N) is 1. The van der Waals surface area contributed by atoms with Gasteiger partial charge in [-0.2, -0.15) is 0 Å². The van der Waals surface area contributed by atoms with Gasteiger partial charge in [0.15, 0.2) is 0 Å². The van der Waals surface area contributed by atoms with Gasteiger partial charge in [-0.3, -0.25) is 4.79 Å². The molecule has 1 aliphatic rings. The maximum atomic E-state index is 10.2. The molecule has 1 atom stereocenters. The Kier molecular flexibility index (Phi) is 5.56. The van der Waals surface area contributed by atoms with Crippen LogP contribution in [0.3, 0.4) is 0 Å². The third-order valence-electron chi connectivity index (χ3n) is 2.41. The monoisotopic (exact) mass is 201 g/mol. The van der Waals surface area contributed by atoms with E-state index >= 15 is 0 Å². The summed E-state index contributed by atoms with van der Waals surface area (Å²) in [5.74, 6) is -0.703. The average Bonchev–Trinajstić information content (AvgIpc) is 2.18. The molecule has 0 aromatic carbocycles. The summed E-state index contributed by atoms with van der Waals surface area (Å²) in [6.07, 6.45) is 4.29. The van der Waals surface area contributed by atoms with Crippen molar-refractivity contribution in [3.8, 4) is 0 Å². The van der Waals surface area contributed by atoms with E-state index < -0.39 is 5.97 Å². The number of hydrogen-bond donors (Lipinski definition) is 2. The zero-order chi connectivity index (χ0) is 10.2. The van der Waals surface area contributed by atoms with Gasteiger partial charge >= 0.3 is 5.97 Å². The van der Waals surface area contributed by atoms with E-state index in [9.17, 15) is 4.79 Å².